The summed E-state index contributed by atoms with van der Waals surface area (Å²) in [5.74, 6) is -0.159. The van der Waals surface area contributed by atoms with E-state index in [9.17, 15) is 13.2 Å². The molecule has 3 rings (SSSR count). The molecule has 0 saturated carbocycles. The molecule has 0 atom stereocenters. The van der Waals surface area contributed by atoms with E-state index in [2.05, 4.69) is 5.10 Å². The van der Waals surface area contributed by atoms with Crippen molar-refractivity contribution in [1.29, 1.82) is 0 Å². The van der Waals surface area contributed by atoms with Crippen LogP contribution >= 0.6 is 23.2 Å². The van der Waals surface area contributed by atoms with Crippen LogP contribution in [0.1, 0.15) is 31.1 Å². The first-order chi connectivity index (χ1) is 13.0. The number of hydrogen-bond donors (Lipinski definition) is 0. The Hall–Kier alpha value is -1.61. The van der Waals surface area contributed by atoms with Gasteiger partial charge in [0.2, 0.25) is 10.0 Å². The maximum atomic E-state index is 12.9. The molecule has 1 aliphatic rings. The number of aromatic nitrogens is 2. The summed E-state index contributed by atoms with van der Waals surface area (Å²) in [6.07, 6.45) is 3.26. The Morgan fingerprint density at radius 3 is 2.32 bits per heavy atom. The first kappa shape index (κ1) is 21.1. The Balaban J connectivity index is 1.71. The third kappa shape index (κ3) is 4.05. The number of halogens is 2. The molecule has 152 valence electrons. The lowest BCUT2D eigenvalue weighted by Gasteiger charge is -2.34. The number of carbonyl (C=O) groups excluding carboxylic acids is 1. The molecule has 0 radical (unpaired) electrons. The molecule has 1 aromatic carbocycles. The molecule has 1 fully saturated rings. The standard InChI is InChI=1S/C18H22Cl2N4O3S/c1-18(2,3)24-12-13(11-21-24)17(25)22-7-9-23(10-8-22)28(26,27)15-6-4-5-14(19)16(15)20/h4-6,11-12H,7-10H2,1-3H3. The number of piperazine rings is 1. The second-order valence-electron chi connectivity index (χ2n) is 7.59. The summed E-state index contributed by atoms with van der Waals surface area (Å²) < 4.78 is 28.8. The molecule has 0 unspecified atom stereocenters. The quantitative estimate of drug-likeness (QED) is 0.728. The van der Waals surface area contributed by atoms with Crippen molar-refractivity contribution in [2.45, 2.75) is 31.2 Å². The van der Waals surface area contributed by atoms with Crippen molar-refractivity contribution in [2.75, 3.05) is 26.2 Å². The van der Waals surface area contributed by atoms with E-state index in [1.165, 1.54) is 16.4 Å². The lowest BCUT2D eigenvalue weighted by Crippen LogP contribution is -2.50. The molecule has 1 saturated heterocycles. The number of benzene rings is 1. The Labute approximate surface area is 174 Å². The molecule has 2 aromatic rings. The van der Waals surface area contributed by atoms with Crippen molar-refractivity contribution in [3.05, 3.63) is 46.2 Å². The van der Waals surface area contributed by atoms with Gasteiger partial charge in [-0.3, -0.25) is 9.48 Å². The SMILES string of the molecule is CC(C)(C)n1cc(C(=O)N2CCN(S(=O)(=O)c3cccc(Cl)c3Cl)CC2)cn1. The highest BCUT2D eigenvalue weighted by atomic mass is 35.5. The third-order valence-electron chi connectivity index (χ3n) is 4.58. The summed E-state index contributed by atoms with van der Waals surface area (Å²) in [5, 5.41) is 4.45. The summed E-state index contributed by atoms with van der Waals surface area (Å²) in [7, 11) is -3.78. The van der Waals surface area contributed by atoms with E-state index < -0.39 is 10.0 Å². The van der Waals surface area contributed by atoms with Crippen molar-refractivity contribution in [2.24, 2.45) is 0 Å². The number of nitrogens with zero attached hydrogens (tertiary/aromatic N) is 4. The van der Waals surface area contributed by atoms with Gasteiger partial charge >= 0.3 is 0 Å². The molecule has 28 heavy (non-hydrogen) atoms. The number of amides is 1. The molecule has 1 aliphatic heterocycles. The van der Waals surface area contributed by atoms with Gasteiger partial charge in [0.05, 0.1) is 27.3 Å². The highest BCUT2D eigenvalue weighted by molar-refractivity contribution is 7.89. The largest absolute Gasteiger partial charge is 0.336 e. The molecule has 0 N–H and O–H groups in total. The Morgan fingerprint density at radius 2 is 1.75 bits per heavy atom. The average molecular weight is 445 g/mol. The van der Waals surface area contributed by atoms with E-state index in [4.69, 9.17) is 23.2 Å². The van der Waals surface area contributed by atoms with Gasteiger partial charge in [-0.05, 0) is 32.9 Å². The van der Waals surface area contributed by atoms with Gasteiger partial charge in [0.15, 0.2) is 0 Å². The third-order valence-corrected chi connectivity index (χ3v) is 7.45. The lowest BCUT2D eigenvalue weighted by atomic mass is 10.1. The van der Waals surface area contributed by atoms with Crippen molar-refractivity contribution in [3.8, 4) is 0 Å². The van der Waals surface area contributed by atoms with Gasteiger partial charge in [0, 0.05) is 32.4 Å². The zero-order valence-corrected chi connectivity index (χ0v) is 18.2. The first-order valence-corrected chi connectivity index (χ1v) is 11.0. The molecule has 7 nitrogen and oxygen atoms in total. The normalized spacial score (nSPS) is 16.4. The van der Waals surface area contributed by atoms with Gasteiger partial charge in [0.1, 0.15) is 4.90 Å². The molecule has 0 bridgehead atoms. The van der Waals surface area contributed by atoms with E-state index in [0.29, 0.717) is 5.56 Å². The maximum absolute atomic E-state index is 12.9. The topological polar surface area (TPSA) is 75.5 Å². The molecule has 1 aromatic heterocycles. The smallest absolute Gasteiger partial charge is 0.257 e. The fraction of sp³-hybridized carbons (Fsp3) is 0.444. The minimum absolute atomic E-state index is 0.0114. The van der Waals surface area contributed by atoms with Crippen LogP contribution in [0.3, 0.4) is 0 Å². The summed E-state index contributed by atoms with van der Waals surface area (Å²) in [4.78, 5) is 14.3. The summed E-state index contributed by atoms with van der Waals surface area (Å²) in [6, 6.07) is 4.52. The van der Waals surface area contributed by atoms with E-state index in [1.54, 1.807) is 28.0 Å². The van der Waals surface area contributed by atoms with Crippen LogP contribution in [0.4, 0.5) is 0 Å². The van der Waals surface area contributed by atoms with Crippen LogP contribution in [0.2, 0.25) is 10.0 Å². The highest BCUT2D eigenvalue weighted by Crippen LogP contribution is 2.31. The second-order valence-corrected chi connectivity index (χ2v) is 10.3. The molecule has 10 heteroatoms. The zero-order chi connectivity index (χ0) is 20.7. The number of hydrogen-bond acceptors (Lipinski definition) is 4. The minimum atomic E-state index is -3.78. The van der Waals surface area contributed by atoms with Crippen LogP contribution in [0.5, 0.6) is 0 Å². The fourth-order valence-corrected chi connectivity index (χ4v) is 5.09. The molecule has 0 aliphatic carbocycles. The Morgan fingerprint density at radius 1 is 1.11 bits per heavy atom. The van der Waals surface area contributed by atoms with Crippen LogP contribution in [0.25, 0.3) is 0 Å². The number of sulfonamides is 1. The molecule has 1 amide bonds. The van der Waals surface area contributed by atoms with Crippen LogP contribution in [0, 0.1) is 0 Å². The molecule has 2 heterocycles. The van der Waals surface area contributed by atoms with Crippen LogP contribution in [-0.4, -0.2) is 59.5 Å². The van der Waals surface area contributed by atoms with Crippen LogP contribution in [-0.2, 0) is 15.6 Å². The number of carbonyl (C=O) groups is 1. The number of rotatable bonds is 3. The zero-order valence-electron chi connectivity index (χ0n) is 15.9. The summed E-state index contributed by atoms with van der Waals surface area (Å²) in [6.45, 7) is 6.94. The van der Waals surface area contributed by atoms with Crippen molar-refractivity contribution in [3.63, 3.8) is 0 Å². The first-order valence-electron chi connectivity index (χ1n) is 8.80. The van der Waals surface area contributed by atoms with Crippen molar-refractivity contribution in [1.82, 2.24) is 19.0 Å². The van der Waals surface area contributed by atoms with Crippen LogP contribution in [0.15, 0.2) is 35.5 Å². The summed E-state index contributed by atoms with van der Waals surface area (Å²) >= 11 is 12.0. The highest BCUT2D eigenvalue weighted by Gasteiger charge is 2.32. The van der Waals surface area contributed by atoms with E-state index in [0.717, 1.165) is 0 Å². The van der Waals surface area contributed by atoms with Gasteiger partial charge in [0.25, 0.3) is 5.91 Å². The fourth-order valence-electron chi connectivity index (χ4n) is 2.94. The molecular weight excluding hydrogens is 423 g/mol. The second kappa shape index (κ2) is 7.67. The van der Waals surface area contributed by atoms with Gasteiger partial charge in [-0.1, -0.05) is 29.3 Å². The average Bonchev–Trinajstić information content (AvgIpc) is 3.14. The van der Waals surface area contributed by atoms with E-state index in [-0.39, 0.29) is 52.6 Å². The summed E-state index contributed by atoms with van der Waals surface area (Å²) in [5.41, 5.74) is 0.269. The van der Waals surface area contributed by atoms with Gasteiger partial charge in [-0.15, -0.1) is 0 Å². The van der Waals surface area contributed by atoms with Crippen LogP contribution < -0.4 is 0 Å². The Bertz CT molecular complexity index is 990. The van der Waals surface area contributed by atoms with E-state index in [1.807, 2.05) is 20.8 Å². The van der Waals surface area contributed by atoms with Crippen molar-refractivity contribution < 1.29 is 13.2 Å². The maximum Gasteiger partial charge on any atom is 0.257 e. The van der Waals surface area contributed by atoms with Gasteiger partial charge in [-0.2, -0.15) is 9.40 Å². The van der Waals surface area contributed by atoms with Crippen molar-refractivity contribution >= 4 is 39.1 Å². The van der Waals surface area contributed by atoms with Gasteiger partial charge < -0.3 is 4.90 Å². The lowest BCUT2D eigenvalue weighted by molar-refractivity contribution is 0.0697. The predicted octanol–water partition coefficient (Wildman–Crippen LogP) is 3.09. The van der Waals surface area contributed by atoms with Gasteiger partial charge in [-0.25, -0.2) is 8.42 Å². The monoisotopic (exact) mass is 444 g/mol. The Kier molecular flexibility index (Phi) is 5.78. The van der Waals surface area contributed by atoms with E-state index >= 15 is 0 Å². The molecular formula is C18H22Cl2N4O3S. The predicted molar refractivity (Wildman–Crippen MR) is 108 cm³/mol. The molecule has 0 spiro atoms. The minimum Gasteiger partial charge on any atom is -0.336 e.